The van der Waals surface area contributed by atoms with Crippen LogP contribution < -0.4 is 4.90 Å². The fourth-order valence-corrected chi connectivity index (χ4v) is 5.67. The average molecular weight is 451 g/mol. The third-order valence-electron chi connectivity index (χ3n) is 5.93. The van der Waals surface area contributed by atoms with Gasteiger partial charge in [-0.3, -0.25) is 0 Å². The number of aryl methyl sites for hydroxylation is 3. The molecule has 1 aliphatic heterocycles. The van der Waals surface area contributed by atoms with Crippen molar-refractivity contribution in [1.29, 1.82) is 0 Å². The van der Waals surface area contributed by atoms with Crippen molar-refractivity contribution in [2.24, 2.45) is 0 Å². The van der Waals surface area contributed by atoms with Crippen molar-refractivity contribution in [1.82, 2.24) is 14.3 Å². The van der Waals surface area contributed by atoms with E-state index >= 15 is 0 Å². The summed E-state index contributed by atoms with van der Waals surface area (Å²) in [5.41, 5.74) is 5.36. The number of benzene rings is 2. The summed E-state index contributed by atoms with van der Waals surface area (Å²) in [4.78, 5) is 11.6. The fourth-order valence-electron chi connectivity index (χ4n) is 4.15. The lowest BCUT2D eigenvalue weighted by atomic mass is 10.0. The van der Waals surface area contributed by atoms with Gasteiger partial charge in [0.25, 0.3) is 0 Å². The van der Waals surface area contributed by atoms with Gasteiger partial charge in [-0.05, 0) is 31.9 Å². The largest absolute Gasteiger partial charge is 0.354 e. The minimum Gasteiger partial charge on any atom is -0.354 e. The molecule has 1 fully saturated rings. The summed E-state index contributed by atoms with van der Waals surface area (Å²) in [5.74, 6) is 1.71. The van der Waals surface area contributed by atoms with Crippen molar-refractivity contribution in [2.45, 2.75) is 32.9 Å². The molecule has 7 heteroatoms. The van der Waals surface area contributed by atoms with Crippen LogP contribution in [0.2, 0.25) is 0 Å². The third kappa shape index (κ3) is 5.16. The molecule has 6 nitrogen and oxygen atoms in total. The second-order valence-corrected chi connectivity index (χ2v) is 10.4. The lowest BCUT2D eigenvalue weighted by Gasteiger charge is -2.36. The molecule has 3 aromatic rings. The standard InChI is InChI=1S/C25H30N4O2S/c1-19-9-11-22(12-10-19)17-24-20(2)26-21(3)27-25(24)28-13-15-29(16-14-28)32(30,31)18-23-7-5-4-6-8-23/h4-12H,13-18H2,1-3H3. The second-order valence-electron chi connectivity index (χ2n) is 8.45. The number of sulfonamides is 1. The maximum atomic E-state index is 12.9. The Hall–Kier alpha value is -2.77. The summed E-state index contributed by atoms with van der Waals surface area (Å²) in [6.45, 7) is 8.17. The van der Waals surface area contributed by atoms with Gasteiger partial charge in [0, 0.05) is 43.9 Å². The van der Waals surface area contributed by atoms with Gasteiger partial charge in [-0.15, -0.1) is 0 Å². The first-order valence-electron chi connectivity index (χ1n) is 11.0. The Morgan fingerprint density at radius 2 is 1.47 bits per heavy atom. The molecule has 4 rings (SSSR count). The van der Waals surface area contributed by atoms with Gasteiger partial charge >= 0.3 is 0 Å². The van der Waals surface area contributed by atoms with E-state index in [1.165, 1.54) is 11.1 Å². The summed E-state index contributed by atoms with van der Waals surface area (Å²) < 4.78 is 27.5. The average Bonchev–Trinajstić information content (AvgIpc) is 2.77. The van der Waals surface area contributed by atoms with Crippen LogP contribution in [0.25, 0.3) is 0 Å². The first-order valence-corrected chi connectivity index (χ1v) is 12.6. The number of aromatic nitrogens is 2. The van der Waals surface area contributed by atoms with Crippen LogP contribution in [-0.2, 0) is 22.2 Å². The molecule has 1 aliphatic rings. The van der Waals surface area contributed by atoms with Crippen LogP contribution in [0.1, 0.15) is 33.8 Å². The van der Waals surface area contributed by atoms with Crippen LogP contribution >= 0.6 is 0 Å². The lowest BCUT2D eigenvalue weighted by molar-refractivity contribution is 0.383. The van der Waals surface area contributed by atoms with Gasteiger partial charge in [0.1, 0.15) is 11.6 Å². The molecule has 1 saturated heterocycles. The number of piperazine rings is 1. The van der Waals surface area contributed by atoms with Crippen LogP contribution in [0, 0.1) is 20.8 Å². The number of hydrogen-bond acceptors (Lipinski definition) is 5. The highest BCUT2D eigenvalue weighted by atomic mass is 32.2. The lowest BCUT2D eigenvalue weighted by Crippen LogP contribution is -2.49. The van der Waals surface area contributed by atoms with Gasteiger partial charge in [-0.1, -0.05) is 60.2 Å². The Balaban J connectivity index is 1.51. The normalized spacial score (nSPS) is 15.2. The summed E-state index contributed by atoms with van der Waals surface area (Å²) in [6.07, 6.45) is 0.758. The van der Waals surface area contributed by atoms with Crippen molar-refractivity contribution >= 4 is 15.8 Å². The Bertz CT molecular complexity index is 1170. The van der Waals surface area contributed by atoms with Crippen LogP contribution in [0.3, 0.4) is 0 Å². The SMILES string of the molecule is Cc1ccc(Cc2c(C)nc(C)nc2N2CCN(S(=O)(=O)Cc3ccccc3)CC2)cc1. The van der Waals surface area contributed by atoms with E-state index in [9.17, 15) is 8.42 Å². The van der Waals surface area contributed by atoms with E-state index in [2.05, 4.69) is 41.1 Å². The zero-order valence-electron chi connectivity index (χ0n) is 19.0. The summed E-state index contributed by atoms with van der Waals surface area (Å²) >= 11 is 0. The maximum absolute atomic E-state index is 12.9. The predicted molar refractivity (Wildman–Crippen MR) is 128 cm³/mol. The van der Waals surface area contributed by atoms with E-state index in [1.54, 1.807) is 4.31 Å². The molecule has 2 aromatic carbocycles. The molecule has 0 radical (unpaired) electrons. The summed E-state index contributed by atoms with van der Waals surface area (Å²) in [5, 5.41) is 0. The van der Waals surface area contributed by atoms with E-state index in [0.717, 1.165) is 34.9 Å². The smallest absolute Gasteiger partial charge is 0.218 e. The predicted octanol–water partition coefficient (Wildman–Crippen LogP) is 3.64. The molecule has 0 amide bonds. The highest BCUT2D eigenvalue weighted by molar-refractivity contribution is 7.88. The summed E-state index contributed by atoms with van der Waals surface area (Å²) in [6, 6.07) is 17.9. The van der Waals surface area contributed by atoms with Crippen molar-refractivity contribution < 1.29 is 8.42 Å². The molecule has 0 unspecified atom stereocenters. The molecule has 0 spiro atoms. The molecule has 0 aliphatic carbocycles. The molecule has 168 valence electrons. The highest BCUT2D eigenvalue weighted by Crippen LogP contribution is 2.26. The monoisotopic (exact) mass is 450 g/mol. The Kier molecular flexibility index (Phi) is 6.58. The van der Waals surface area contributed by atoms with Crippen molar-refractivity contribution in [3.05, 3.63) is 88.4 Å². The molecular weight excluding hydrogens is 420 g/mol. The topological polar surface area (TPSA) is 66.4 Å². The quantitative estimate of drug-likeness (QED) is 0.574. The van der Waals surface area contributed by atoms with E-state index in [0.29, 0.717) is 26.2 Å². The molecule has 0 bridgehead atoms. The van der Waals surface area contributed by atoms with Gasteiger partial charge in [0.05, 0.1) is 5.75 Å². The Morgan fingerprint density at radius 3 is 2.12 bits per heavy atom. The molecule has 0 N–H and O–H groups in total. The summed E-state index contributed by atoms with van der Waals surface area (Å²) in [7, 11) is -3.35. The fraction of sp³-hybridized carbons (Fsp3) is 0.360. The zero-order chi connectivity index (χ0) is 22.7. The van der Waals surface area contributed by atoms with Gasteiger partial charge < -0.3 is 4.90 Å². The first-order chi connectivity index (χ1) is 15.3. The zero-order valence-corrected chi connectivity index (χ0v) is 19.8. The van der Waals surface area contributed by atoms with E-state index < -0.39 is 10.0 Å². The molecule has 2 heterocycles. The molecule has 32 heavy (non-hydrogen) atoms. The Labute approximate surface area is 191 Å². The number of nitrogens with zero attached hydrogens (tertiary/aromatic N) is 4. The van der Waals surface area contributed by atoms with Crippen molar-refractivity contribution in [3.8, 4) is 0 Å². The maximum Gasteiger partial charge on any atom is 0.218 e. The number of anilines is 1. The van der Waals surface area contributed by atoms with Crippen molar-refractivity contribution in [2.75, 3.05) is 31.1 Å². The van der Waals surface area contributed by atoms with Gasteiger partial charge in [0.15, 0.2) is 0 Å². The van der Waals surface area contributed by atoms with E-state index in [4.69, 9.17) is 4.98 Å². The third-order valence-corrected chi connectivity index (χ3v) is 7.78. The van der Waals surface area contributed by atoms with E-state index in [-0.39, 0.29) is 5.75 Å². The minimum absolute atomic E-state index is 0.0399. The van der Waals surface area contributed by atoms with Crippen LogP contribution in [0.5, 0.6) is 0 Å². The number of rotatable bonds is 6. The van der Waals surface area contributed by atoms with Crippen LogP contribution in [0.15, 0.2) is 54.6 Å². The minimum atomic E-state index is -3.35. The molecule has 0 atom stereocenters. The van der Waals surface area contributed by atoms with E-state index in [1.807, 2.05) is 44.2 Å². The van der Waals surface area contributed by atoms with Gasteiger partial charge in [-0.2, -0.15) is 4.31 Å². The molecular formula is C25H30N4O2S. The van der Waals surface area contributed by atoms with Gasteiger partial charge in [0.2, 0.25) is 10.0 Å². The molecule has 0 saturated carbocycles. The first kappa shape index (κ1) is 22.4. The number of hydrogen-bond donors (Lipinski definition) is 0. The van der Waals surface area contributed by atoms with Crippen LogP contribution in [0.4, 0.5) is 5.82 Å². The van der Waals surface area contributed by atoms with Crippen molar-refractivity contribution in [3.63, 3.8) is 0 Å². The molecule has 1 aromatic heterocycles. The Morgan fingerprint density at radius 1 is 0.812 bits per heavy atom. The highest BCUT2D eigenvalue weighted by Gasteiger charge is 2.29. The second kappa shape index (κ2) is 9.38. The van der Waals surface area contributed by atoms with Gasteiger partial charge in [-0.25, -0.2) is 18.4 Å². The van der Waals surface area contributed by atoms with Crippen LogP contribution in [-0.4, -0.2) is 48.9 Å².